The van der Waals surface area contributed by atoms with Gasteiger partial charge in [-0.1, -0.05) is 12.1 Å². The Hall–Kier alpha value is -4.17. The molecule has 8 heteroatoms. The lowest BCUT2D eigenvalue weighted by Gasteiger charge is -2.24. The first kappa shape index (κ1) is 24.5. The first-order chi connectivity index (χ1) is 17.7. The maximum absolute atomic E-state index is 13.7. The fraction of sp³-hybridized carbons (Fsp3) is 0.276. The molecule has 0 saturated carbocycles. The molecule has 0 saturated heterocycles. The second kappa shape index (κ2) is 9.71. The molecule has 0 radical (unpaired) electrons. The second-order valence-corrected chi connectivity index (χ2v) is 9.89. The van der Waals surface area contributed by atoms with Crippen molar-refractivity contribution in [3.63, 3.8) is 0 Å². The van der Waals surface area contributed by atoms with Gasteiger partial charge in [0, 0.05) is 29.4 Å². The SMILES string of the molecule is COc1ccc(C(=O)N2CCC(c3ncc(C)o3)=Cc3ccc(-c4cnn(CC(C)(C)O)c4)cc32)cc1. The number of oxazole rings is 1. The molecule has 0 aliphatic carbocycles. The van der Waals surface area contributed by atoms with E-state index in [4.69, 9.17) is 9.15 Å². The summed E-state index contributed by atoms with van der Waals surface area (Å²) in [6.45, 7) is 6.21. The summed E-state index contributed by atoms with van der Waals surface area (Å²) < 4.78 is 12.8. The number of amides is 1. The van der Waals surface area contributed by atoms with Gasteiger partial charge in [0.15, 0.2) is 0 Å². The monoisotopic (exact) mass is 498 g/mol. The maximum atomic E-state index is 13.7. The Labute approximate surface area is 215 Å². The minimum Gasteiger partial charge on any atom is -0.497 e. The number of carbonyl (C=O) groups is 1. The molecular formula is C29H30N4O4. The van der Waals surface area contributed by atoms with E-state index in [9.17, 15) is 9.90 Å². The summed E-state index contributed by atoms with van der Waals surface area (Å²) in [7, 11) is 1.60. The summed E-state index contributed by atoms with van der Waals surface area (Å²) in [5.41, 5.74) is 4.16. The zero-order valence-corrected chi connectivity index (χ0v) is 21.4. The van der Waals surface area contributed by atoms with Crippen LogP contribution in [0.25, 0.3) is 22.8 Å². The van der Waals surface area contributed by atoms with E-state index >= 15 is 0 Å². The molecule has 2 aromatic carbocycles. The smallest absolute Gasteiger partial charge is 0.258 e. The lowest BCUT2D eigenvalue weighted by molar-refractivity contribution is 0.0577. The van der Waals surface area contributed by atoms with Crippen LogP contribution in [0.3, 0.4) is 0 Å². The first-order valence-electron chi connectivity index (χ1n) is 12.2. The van der Waals surface area contributed by atoms with Crippen molar-refractivity contribution in [2.45, 2.75) is 39.3 Å². The number of anilines is 1. The molecule has 1 amide bonds. The number of hydrogen-bond acceptors (Lipinski definition) is 6. The molecule has 3 heterocycles. The van der Waals surface area contributed by atoms with Crippen molar-refractivity contribution in [2.75, 3.05) is 18.6 Å². The van der Waals surface area contributed by atoms with Crippen LogP contribution in [0.2, 0.25) is 0 Å². The van der Waals surface area contributed by atoms with Crippen LogP contribution in [0.1, 0.15) is 47.8 Å². The number of benzene rings is 2. The van der Waals surface area contributed by atoms with Crippen LogP contribution >= 0.6 is 0 Å². The van der Waals surface area contributed by atoms with Gasteiger partial charge in [-0.05, 0) is 74.7 Å². The minimum atomic E-state index is -0.877. The van der Waals surface area contributed by atoms with Gasteiger partial charge < -0.3 is 19.2 Å². The summed E-state index contributed by atoms with van der Waals surface area (Å²) in [6, 6.07) is 13.2. The topological polar surface area (TPSA) is 93.6 Å². The van der Waals surface area contributed by atoms with E-state index in [-0.39, 0.29) is 5.91 Å². The summed E-state index contributed by atoms with van der Waals surface area (Å²) in [5, 5.41) is 14.6. The molecular weight excluding hydrogens is 468 g/mol. The molecule has 2 aromatic heterocycles. The van der Waals surface area contributed by atoms with E-state index in [0.717, 1.165) is 33.7 Å². The molecule has 0 spiro atoms. The second-order valence-electron chi connectivity index (χ2n) is 9.89. The first-order valence-corrected chi connectivity index (χ1v) is 12.2. The van der Waals surface area contributed by atoms with Crippen LogP contribution in [0, 0.1) is 6.92 Å². The van der Waals surface area contributed by atoms with Crippen molar-refractivity contribution >= 4 is 23.2 Å². The van der Waals surface area contributed by atoms with Crippen LogP contribution in [-0.4, -0.2) is 45.0 Å². The molecule has 8 nitrogen and oxygen atoms in total. The van der Waals surface area contributed by atoms with E-state index in [2.05, 4.69) is 10.1 Å². The third-order valence-corrected chi connectivity index (χ3v) is 6.25. The van der Waals surface area contributed by atoms with Crippen LogP contribution in [-0.2, 0) is 6.54 Å². The Morgan fingerprint density at radius 2 is 1.92 bits per heavy atom. The van der Waals surface area contributed by atoms with E-state index in [0.29, 0.717) is 36.7 Å². The third kappa shape index (κ3) is 5.34. The highest BCUT2D eigenvalue weighted by molar-refractivity contribution is 6.08. The zero-order chi connectivity index (χ0) is 26.2. The van der Waals surface area contributed by atoms with Gasteiger partial charge in [-0.2, -0.15) is 5.10 Å². The van der Waals surface area contributed by atoms with E-state index in [1.165, 1.54) is 0 Å². The van der Waals surface area contributed by atoms with Gasteiger partial charge in [-0.3, -0.25) is 9.48 Å². The van der Waals surface area contributed by atoms with Crippen molar-refractivity contribution < 1.29 is 19.1 Å². The summed E-state index contributed by atoms with van der Waals surface area (Å²) in [5.74, 6) is 1.91. The predicted octanol–water partition coefficient (Wildman–Crippen LogP) is 5.22. The van der Waals surface area contributed by atoms with Gasteiger partial charge >= 0.3 is 0 Å². The molecule has 5 rings (SSSR count). The number of carbonyl (C=O) groups excluding carboxylic acids is 1. The average molecular weight is 499 g/mol. The van der Waals surface area contributed by atoms with Gasteiger partial charge in [-0.25, -0.2) is 4.98 Å². The van der Waals surface area contributed by atoms with Crippen molar-refractivity contribution in [1.29, 1.82) is 0 Å². The van der Waals surface area contributed by atoms with Crippen LogP contribution in [0.5, 0.6) is 5.75 Å². The molecule has 1 N–H and O–H groups in total. The quantitative estimate of drug-likeness (QED) is 0.392. The lowest BCUT2D eigenvalue weighted by Crippen LogP contribution is -2.32. The normalized spacial score (nSPS) is 13.6. The Morgan fingerprint density at radius 1 is 1.14 bits per heavy atom. The number of hydrogen-bond donors (Lipinski definition) is 1. The Bertz CT molecular complexity index is 1460. The molecule has 190 valence electrons. The van der Waals surface area contributed by atoms with Gasteiger partial charge in [0.2, 0.25) is 5.89 Å². The number of ether oxygens (including phenoxy) is 1. The van der Waals surface area contributed by atoms with E-state index < -0.39 is 5.60 Å². The molecule has 4 aromatic rings. The maximum Gasteiger partial charge on any atom is 0.258 e. The largest absolute Gasteiger partial charge is 0.497 e. The Balaban J connectivity index is 1.55. The summed E-state index contributed by atoms with van der Waals surface area (Å²) in [4.78, 5) is 20.0. The molecule has 0 unspecified atom stereocenters. The van der Waals surface area contributed by atoms with Gasteiger partial charge in [0.1, 0.15) is 11.5 Å². The number of aromatic nitrogens is 3. The number of fused-ring (bicyclic) bond motifs is 1. The molecule has 1 aliphatic heterocycles. The third-order valence-electron chi connectivity index (χ3n) is 6.25. The highest BCUT2D eigenvalue weighted by atomic mass is 16.5. The fourth-order valence-electron chi connectivity index (χ4n) is 4.46. The Morgan fingerprint density at radius 3 is 2.59 bits per heavy atom. The van der Waals surface area contributed by atoms with Crippen LogP contribution in [0.4, 0.5) is 5.69 Å². The van der Waals surface area contributed by atoms with Crippen molar-refractivity contribution in [3.05, 3.63) is 83.8 Å². The fourth-order valence-corrected chi connectivity index (χ4v) is 4.46. The predicted molar refractivity (Wildman–Crippen MR) is 142 cm³/mol. The lowest BCUT2D eigenvalue weighted by atomic mass is 10.0. The van der Waals surface area contributed by atoms with Crippen molar-refractivity contribution in [2.24, 2.45) is 0 Å². The Kier molecular flexibility index (Phi) is 6.43. The van der Waals surface area contributed by atoms with Crippen molar-refractivity contribution in [1.82, 2.24) is 14.8 Å². The van der Waals surface area contributed by atoms with E-state index in [1.807, 2.05) is 37.4 Å². The number of aryl methyl sites for hydroxylation is 1. The van der Waals surface area contributed by atoms with Crippen molar-refractivity contribution in [3.8, 4) is 16.9 Å². The molecule has 1 aliphatic rings. The number of methoxy groups -OCH3 is 1. The highest BCUT2D eigenvalue weighted by Crippen LogP contribution is 2.36. The molecule has 37 heavy (non-hydrogen) atoms. The summed E-state index contributed by atoms with van der Waals surface area (Å²) >= 11 is 0. The number of rotatable bonds is 6. The van der Waals surface area contributed by atoms with Gasteiger partial charge in [0.05, 0.1) is 37.3 Å². The average Bonchev–Trinajstić information content (AvgIpc) is 3.46. The summed E-state index contributed by atoms with van der Waals surface area (Å²) in [6.07, 6.45) is 8.02. The molecule has 0 bridgehead atoms. The van der Waals surface area contributed by atoms with Gasteiger partial charge in [0.25, 0.3) is 5.91 Å². The van der Waals surface area contributed by atoms with E-state index in [1.54, 1.807) is 67.2 Å². The highest BCUT2D eigenvalue weighted by Gasteiger charge is 2.25. The zero-order valence-electron chi connectivity index (χ0n) is 21.4. The molecule has 0 atom stereocenters. The number of aliphatic hydroxyl groups is 1. The van der Waals surface area contributed by atoms with Gasteiger partial charge in [-0.15, -0.1) is 0 Å². The number of nitrogens with zero attached hydrogens (tertiary/aromatic N) is 4. The van der Waals surface area contributed by atoms with Crippen LogP contribution < -0.4 is 9.64 Å². The van der Waals surface area contributed by atoms with Crippen LogP contribution in [0.15, 0.2) is 65.5 Å². The minimum absolute atomic E-state index is 0.1000. The standard InChI is InChI=1S/C29H30N4O4/c1-19-15-30-27(37-19)23-11-12-33(28(34)20-7-9-25(36-4)10-8-20)26-14-21(5-6-22(26)13-23)24-16-31-32(17-24)18-29(2,3)35/h5-10,13-17,35H,11-12,18H2,1-4H3. The molecule has 0 fully saturated rings.